The molecule has 5 rings (SSSR count). The molecular weight excluding hydrogens is 440 g/mol. The van der Waals surface area contributed by atoms with E-state index in [4.69, 9.17) is 23.9 Å². The third kappa shape index (κ3) is 4.29. The first-order valence-electron chi connectivity index (χ1n) is 12.6. The lowest BCUT2D eigenvalue weighted by Crippen LogP contribution is -2.46. The molecule has 2 aliphatic heterocycles. The maximum atomic E-state index is 5.66. The van der Waals surface area contributed by atoms with E-state index in [2.05, 4.69) is 42.2 Å². The molecule has 35 heavy (non-hydrogen) atoms. The highest BCUT2D eigenvalue weighted by molar-refractivity contribution is 5.88. The number of benzene rings is 2. The van der Waals surface area contributed by atoms with Crippen molar-refractivity contribution < 1.29 is 18.9 Å². The molecule has 0 saturated carbocycles. The third-order valence-electron chi connectivity index (χ3n) is 8.11. The molecule has 0 spiro atoms. The molecular formula is C29H36N2O4. The van der Waals surface area contributed by atoms with E-state index in [9.17, 15) is 0 Å². The maximum absolute atomic E-state index is 5.66. The van der Waals surface area contributed by atoms with Crippen molar-refractivity contribution in [1.29, 1.82) is 0 Å². The van der Waals surface area contributed by atoms with Crippen molar-refractivity contribution in [3.63, 3.8) is 0 Å². The van der Waals surface area contributed by atoms with Crippen molar-refractivity contribution >= 4 is 10.8 Å². The summed E-state index contributed by atoms with van der Waals surface area (Å²) in [6.45, 7) is 4.55. The van der Waals surface area contributed by atoms with Crippen molar-refractivity contribution in [1.82, 2.24) is 9.88 Å². The van der Waals surface area contributed by atoms with E-state index in [0.717, 1.165) is 71.8 Å². The molecule has 1 fully saturated rings. The Bertz CT molecular complexity index is 1210. The molecule has 186 valence electrons. The highest BCUT2D eigenvalue weighted by Crippen LogP contribution is 2.46. The molecule has 3 heterocycles. The fourth-order valence-corrected chi connectivity index (χ4v) is 6.19. The molecule has 3 atom stereocenters. The molecule has 3 aromatic rings. The van der Waals surface area contributed by atoms with Crippen molar-refractivity contribution in [2.45, 2.75) is 38.6 Å². The molecule has 2 aliphatic rings. The Morgan fingerprint density at radius 2 is 1.57 bits per heavy atom. The number of hydrogen-bond donors (Lipinski definition) is 0. The number of nitrogens with zero attached hydrogens (tertiary/aromatic N) is 2. The van der Waals surface area contributed by atoms with Crippen LogP contribution in [0.5, 0.6) is 23.0 Å². The topological polar surface area (TPSA) is 53.1 Å². The number of rotatable bonds is 7. The van der Waals surface area contributed by atoms with Gasteiger partial charge in [-0.2, -0.15) is 0 Å². The van der Waals surface area contributed by atoms with Crippen molar-refractivity contribution in [3.8, 4) is 23.0 Å². The van der Waals surface area contributed by atoms with Gasteiger partial charge in [-0.15, -0.1) is 0 Å². The number of aromatic nitrogens is 1. The molecule has 0 amide bonds. The first-order chi connectivity index (χ1) is 17.1. The highest BCUT2D eigenvalue weighted by atomic mass is 16.5. The summed E-state index contributed by atoms with van der Waals surface area (Å²) in [5, 5.41) is 2.29. The molecule has 1 aromatic heterocycles. The van der Waals surface area contributed by atoms with Crippen LogP contribution in [0.4, 0.5) is 0 Å². The van der Waals surface area contributed by atoms with E-state index < -0.39 is 0 Å². The van der Waals surface area contributed by atoms with Gasteiger partial charge in [-0.25, -0.2) is 0 Å². The smallest absolute Gasteiger partial charge is 0.161 e. The monoisotopic (exact) mass is 476 g/mol. The van der Waals surface area contributed by atoms with Gasteiger partial charge in [0.25, 0.3) is 0 Å². The summed E-state index contributed by atoms with van der Waals surface area (Å²) in [5.74, 6) is 4.33. The van der Waals surface area contributed by atoms with Crippen molar-refractivity contribution in [3.05, 3.63) is 53.3 Å². The molecule has 0 unspecified atom stereocenters. The number of piperidine rings is 1. The number of ether oxygens (including phenoxy) is 4. The fraction of sp³-hybridized carbons (Fsp3) is 0.483. The lowest BCUT2D eigenvalue weighted by atomic mass is 9.74. The van der Waals surface area contributed by atoms with Gasteiger partial charge in [0.2, 0.25) is 0 Å². The standard InChI is InChI=1S/C29H36N2O4/c1-6-18-17-31-10-8-20-14-27(33-3)29(35-5)16-23(20)25(31)12-21(18)11-24-22-15-28(34-4)26(32-2)13-19(22)7-9-30-24/h7,9,13-16,18,21,25H,6,8,10-12,17H2,1-5H3/t18-,21+,25-/m1/s1. The molecule has 0 aliphatic carbocycles. The summed E-state index contributed by atoms with van der Waals surface area (Å²) in [6, 6.07) is 11.0. The summed E-state index contributed by atoms with van der Waals surface area (Å²) in [4.78, 5) is 7.54. The largest absolute Gasteiger partial charge is 0.493 e. The second kappa shape index (κ2) is 9.94. The van der Waals surface area contributed by atoms with Crippen LogP contribution in [0, 0.1) is 11.8 Å². The molecule has 0 radical (unpaired) electrons. The van der Waals surface area contributed by atoms with Crippen LogP contribution in [0.1, 0.15) is 42.6 Å². The van der Waals surface area contributed by atoms with Crippen LogP contribution in [0.3, 0.4) is 0 Å². The van der Waals surface area contributed by atoms with Crippen molar-refractivity contribution in [2.75, 3.05) is 41.5 Å². The van der Waals surface area contributed by atoms with Crippen LogP contribution in [-0.4, -0.2) is 51.4 Å². The van der Waals surface area contributed by atoms with Crippen molar-refractivity contribution in [2.24, 2.45) is 11.8 Å². The summed E-state index contributed by atoms with van der Waals surface area (Å²) >= 11 is 0. The predicted octanol–water partition coefficient (Wildman–Crippen LogP) is 5.46. The zero-order chi connectivity index (χ0) is 24.5. The van der Waals surface area contributed by atoms with E-state index in [1.165, 1.54) is 17.5 Å². The first-order valence-corrected chi connectivity index (χ1v) is 12.6. The summed E-state index contributed by atoms with van der Waals surface area (Å²) < 4.78 is 22.4. The van der Waals surface area contributed by atoms with E-state index >= 15 is 0 Å². The second-order valence-electron chi connectivity index (χ2n) is 9.72. The molecule has 1 saturated heterocycles. The minimum Gasteiger partial charge on any atom is -0.493 e. The average Bonchev–Trinajstić information content (AvgIpc) is 2.91. The van der Waals surface area contributed by atoms with Crippen LogP contribution in [0.2, 0.25) is 0 Å². The Balaban J connectivity index is 1.49. The van der Waals surface area contributed by atoms with Gasteiger partial charge in [-0.05, 0) is 77.9 Å². The van der Waals surface area contributed by atoms with Crippen LogP contribution in [0.25, 0.3) is 10.8 Å². The summed E-state index contributed by atoms with van der Waals surface area (Å²) in [7, 11) is 6.80. The van der Waals surface area contributed by atoms with E-state index in [1.54, 1.807) is 28.4 Å². The van der Waals surface area contributed by atoms with Gasteiger partial charge < -0.3 is 18.9 Å². The molecule has 0 N–H and O–H groups in total. The minimum atomic E-state index is 0.399. The lowest BCUT2D eigenvalue weighted by Gasteiger charge is -2.47. The Hall–Kier alpha value is -2.99. The molecule has 6 heteroatoms. The van der Waals surface area contributed by atoms with Gasteiger partial charge in [-0.1, -0.05) is 13.3 Å². The highest BCUT2D eigenvalue weighted by Gasteiger charge is 2.39. The second-order valence-corrected chi connectivity index (χ2v) is 9.72. The molecule has 6 nitrogen and oxygen atoms in total. The number of methoxy groups -OCH3 is 4. The first kappa shape index (κ1) is 23.7. The third-order valence-corrected chi connectivity index (χ3v) is 8.11. The Morgan fingerprint density at radius 1 is 0.886 bits per heavy atom. The predicted molar refractivity (Wildman–Crippen MR) is 138 cm³/mol. The van der Waals surface area contributed by atoms with Gasteiger partial charge in [0, 0.05) is 36.4 Å². The lowest BCUT2D eigenvalue weighted by molar-refractivity contribution is 0.0517. The number of pyridine rings is 1. The number of fused-ring (bicyclic) bond motifs is 4. The zero-order valence-corrected chi connectivity index (χ0v) is 21.5. The Labute approximate surface area is 208 Å². The van der Waals surface area contributed by atoms with Crippen LogP contribution < -0.4 is 18.9 Å². The van der Waals surface area contributed by atoms with Gasteiger partial charge in [0.15, 0.2) is 23.0 Å². The van der Waals surface area contributed by atoms with Crippen LogP contribution >= 0.6 is 0 Å². The summed E-state index contributed by atoms with van der Waals surface area (Å²) in [6.07, 6.45) is 6.23. The van der Waals surface area contributed by atoms with Gasteiger partial charge >= 0.3 is 0 Å². The Morgan fingerprint density at radius 3 is 2.29 bits per heavy atom. The average molecular weight is 477 g/mol. The minimum absolute atomic E-state index is 0.399. The SMILES string of the molecule is CC[C@@H]1CN2CCc3cc(OC)c(OC)cc3[C@H]2C[C@@H]1Cc1nccc2cc(OC)c(OC)cc12. The van der Waals surface area contributed by atoms with Gasteiger partial charge in [0.05, 0.1) is 28.4 Å². The normalized spacial score (nSPS) is 21.8. The zero-order valence-electron chi connectivity index (χ0n) is 21.5. The maximum Gasteiger partial charge on any atom is 0.161 e. The fourth-order valence-electron chi connectivity index (χ4n) is 6.19. The van der Waals surface area contributed by atoms with E-state index in [0.29, 0.717) is 17.9 Å². The van der Waals surface area contributed by atoms with Crippen LogP contribution in [-0.2, 0) is 12.8 Å². The van der Waals surface area contributed by atoms with Gasteiger partial charge in [0.1, 0.15) is 0 Å². The molecule has 0 bridgehead atoms. The molecule has 2 aromatic carbocycles. The van der Waals surface area contributed by atoms with Crippen LogP contribution in [0.15, 0.2) is 36.5 Å². The van der Waals surface area contributed by atoms with E-state index in [1.807, 2.05) is 6.20 Å². The van der Waals surface area contributed by atoms with E-state index in [-0.39, 0.29) is 0 Å². The number of hydrogen-bond acceptors (Lipinski definition) is 6. The van der Waals surface area contributed by atoms with Gasteiger partial charge in [-0.3, -0.25) is 9.88 Å². The quantitative estimate of drug-likeness (QED) is 0.452. The Kier molecular flexibility index (Phi) is 6.74. The summed E-state index contributed by atoms with van der Waals surface area (Å²) in [5.41, 5.74) is 3.92.